The summed E-state index contributed by atoms with van der Waals surface area (Å²) in [5, 5.41) is 15.3. The Hall–Kier alpha value is -2.66. The molecule has 3 N–H and O–H groups in total. The fraction of sp³-hybridized carbons (Fsp3) is 0.517. The van der Waals surface area contributed by atoms with Gasteiger partial charge in [-0.25, -0.2) is 0 Å². The SMILES string of the molecule is C1CCC(NC2CCCCC2)CC1.CC(NC(=O)C(c1ccccc1)c1ccccc1)C(=O)O. The van der Waals surface area contributed by atoms with Crippen molar-refractivity contribution in [2.24, 2.45) is 0 Å². The summed E-state index contributed by atoms with van der Waals surface area (Å²) in [6.45, 7) is 1.45. The van der Waals surface area contributed by atoms with Crippen molar-refractivity contribution in [1.29, 1.82) is 0 Å². The maximum Gasteiger partial charge on any atom is 0.325 e. The molecule has 1 atom stereocenters. The van der Waals surface area contributed by atoms with Crippen LogP contribution >= 0.6 is 0 Å². The van der Waals surface area contributed by atoms with E-state index in [2.05, 4.69) is 10.6 Å². The highest BCUT2D eigenvalue weighted by molar-refractivity contribution is 5.90. The molecule has 0 spiro atoms. The van der Waals surface area contributed by atoms with E-state index in [4.69, 9.17) is 5.11 Å². The Morgan fingerprint density at radius 2 is 1.15 bits per heavy atom. The molecule has 5 heteroatoms. The summed E-state index contributed by atoms with van der Waals surface area (Å²) in [4.78, 5) is 23.4. The lowest BCUT2D eigenvalue weighted by Crippen LogP contribution is -2.41. The van der Waals surface area contributed by atoms with Gasteiger partial charge in [0.2, 0.25) is 5.91 Å². The Bertz CT molecular complexity index is 804. The number of hydrogen-bond acceptors (Lipinski definition) is 3. The lowest BCUT2D eigenvalue weighted by atomic mass is 9.90. The van der Waals surface area contributed by atoms with Crippen molar-refractivity contribution in [2.75, 3.05) is 0 Å². The van der Waals surface area contributed by atoms with E-state index >= 15 is 0 Å². The van der Waals surface area contributed by atoms with Gasteiger partial charge >= 0.3 is 5.97 Å². The average Bonchev–Trinajstić information content (AvgIpc) is 2.87. The molecule has 2 aromatic rings. The Morgan fingerprint density at radius 1 is 0.735 bits per heavy atom. The molecule has 2 fully saturated rings. The highest BCUT2D eigenvalue weighted by Gasteiger charge is 2.25. The summed E-state index contributed by atoms with van der Waals surface area (Å²) in [5.74, 6) is -1.89. The maximum absolute atomic E-state index is 12.5. The molecule has 5 nitrogen and oxygen atoms in total. The van der Waals surface area contributed by atoms with Crippen molar-refractivity contribution < 1.29 is 14.7 Å². The minimum absolute atomic E-state index is 0.317. The van der Waals surface area contributed by atoms with E-state index in [-0.39, 0.29) is 5.91 Å². The molecular weight excluding hydrogens is 424 g/mol. The number of amides is 1. The zero-order valence-corrected chi connectivity index (χ0v) is 20.4. The van der Waals surface area contributed by atoms with Crippen LogP contribution in [0, 0.1) is 0 Å². The quantitative estimate of drug-likeness (QED) is 0.495. The van der Waals surface area contributed by atoms with E-state index in [9.17, 15) is 9.59 Å². The number of nitrogens with one attached hydrogen (secondary N) is 2. The van der Waals surface area contributed by atoms with Gasteiger partial charge in [0.05, 0.1) is 5.92 Å². The molecule has 0 bridgehead atoms. The van der Waals surface area contributed by atoms with E-state index in [1.165, 1.54) is 71.1 Å². The first kappa shape index (κ1) is 26.0. The summed E-state index contributed by atoms with van der Waals surface area (Å²) in [5.41, 5.74) is 1.66. The average molecular weight is 465 g/mol. The number of aliphatic carboxylic acids is 1. The van der Waals surface area contributed by atoms with Crippen molar-refractivity contribution >= 4 is 11.9 Å². The zero-order chi connectivity index (χ0) is 24.2. The summed E-state index contributed by atoms with van der Waals surface area (Å²) >= 11 is 0. The molecule has 2 aliphatic rings. The Kier molecular flexibility index (Phi) is 10.6. The maximum atomic E-state index is 12.5. The smallest absolute Gasteiger partial charge is 0.325 e. The molecule has 2 saturated carbocycles. The molecule has 0 aromatic heterocycles. The fourth-order valence-corrected chi connectivity index (χ4v) is 5.02. The highest BCUT2D eigenvalue weighted by Crippen LogP contribution is 2.25. The van der Waals surface area contributed by atoms with Crippen LogP contribution in [0.2, 0.25) is 0 Å². The second-order valence-corrected chi connectivity index (χ2v) is 9.66. The van der Waals surface area contributed by atoms with Gasteiger partial charge in [-0.2, -0.15) is 0 Å². The van der Waals surface area contributed by atoms with Crippen LogP contribution in [-0.2, 0) is 9.59 Å². The molecule has 0 radical (unpaired) electrons. The zero-order valence-electron chi connectivity index (χ0n) is 20.4. The van der Waals surface area contributed by atoms with Crippen LogP contribution in [0.5, 0.6) is 0 Å². The number of hydrogen-bond donors (Lipinski definition) is 3. The highest BCUT2D eigenvalue weighted by atomic mass is 16.4. The first-order chi connectivity index (χ1) is 16.5. The Balaban J connectivity index is 0.000000212. The minimum Gasteiger partial charge on any atom is -0.480 e. The topological polar surface area (TPSA) is 78.4 Å². The van der Waals surface area contributed by atoms with Gasteiger partial charge in [0.25, 0.3) is 0 Å². The van der Waals surface area contributed by atoms with Crippen molar-refractivity contribution in [3.8, 4) is 0 Å². The van der Waals surface area contributed by atoms with Gasteiger partial charge in [0, 0.05) is 12.1 Å². The van der Waals surface area contributed by atoms with Gasteiger partial charge in [0.15, 0.2) is 0 Å². The first-order valence-corrected chi connectivity index (χ1v) is 12.9. The van der Waals surface area contributed by atoms with Gasteiger partial charge in [0.1, 0.15) is 6.04 Å². The fourth-order valence-electron chi connectivity index (χ4n) is 5.02. The van der Waals surface area contributed by atoms with Crippen molar-refractivity contribution in [2.45, 2.75) is 95.2 Å². The lowest BCUT2D eigenvalue weighted by Gasteiger charge is -2.30. The van der Waals surface area contributed by atoms with Crippen molar-refractivity contribution in [1.82, 2.24) is 10.6 Å². The van der Waals surface area contributed by atoms with Gasteiger partial charge in [-0.15, -0.1) is 0 Å². The van der Waals surface area contributed by atoms with Crippen LogP contribution in [0.15, 0.2) is 60.7 Å². The Labute approximate surface area is 204 Å². The van der Waals surface area contributed by atoms with Crippen molar-refractivity contribution in [3.63, 3.8) is 0 Å². The second kappa shape index (κ2) is 13.9. The third kappa shape index (κ3) is 8.28. The van der Waals surface area contributed by atoms with Crippen LogP contribution in [0.4, 0.5) is 0 Å². The monoisotopic (exact) mass is 464 g/mol. The second-order valence-electron chi connectivity index (χ2n) is 9.66. The number of carbonyl (C=O) groups excluding carboxylic acids is 1. The summed E-state index contributed by atoms with van der Waals surface area (Å²) in [6.07, 6.45) is 14.6. The molecule has 1 amide bonds. The third-order valence-electron chi connectivity index (χ3n) is 6.94. The molecule has 1 unspecified atom stereocenters. The molecule has 34 heavy (non-hydrogen) atoms. The Morgan fingerprint density at radius 3 is 1.53 bits per heavy atom. The standard InChI is InChI=1S/C17H17NO3.C12H23N/c1-12(17(20)21)18-16(19)15(13-8-4-2-5-9-13)14-10-6-3-7-11-14;1-3-7-11(8-4-1)13-12-9-5-2-6-10-12/h2-12,15H,1H3,(H,18,19)(H,20,21);11-13H,1-10H2. The number of rotatable bonds is 7. The molecule has 0 aliphatic heterocycles. The summed E-state index contributed by atoms with van der Waals surface area (Å²) in [6, 6.07) is 19.5. The predicted molar refractivity (Wildman–Crippen MR) is 137 cm³/mol. The van der Waals surface area contributed by atoms with Crippen LogP contribution < -0.4 is 10.6 Å². The minimum atomic E-state index is -1.05. The summed E-state index contributed by atoms with van der Waals surface area (Å²) in [7, 11) is 0. The lowest BCUT2D eigenvalue weighted by molar-refractivity contribution is -0.141. The van der Waals surface area contributed by atoms with Crippen molar-refractivity contribution in [3.05, 3.63) is 71.8 Å². The van der Waals surface area contributed by atoms with Crippen LogP contribution in [0.25, 0.3) is 0 Å². The molecule has 2 aliphatic carbocycles. The largest absolute Gasteiger partial charge is 0.480 e. The predicted octanol–water partition coefficient (Wildman–Crippen LogP) is 5.65. The van der Waals surface area contributed by atoms with E-state index in [1.807, 2.05) is 60.7 Å². The van der Waals surface area contributed by atoms with E-state index in [1.54, 1.807) is 0 Å². The normalized spacial score (nSPS) is 17.9. The molecule has 184 valence electrons. The van der Waals surface area contributed by atoms with Gasteiger partial charge in [-0.05, 0) is 43.7 Å². The first-order valence-electron chi connectivity index (χ1n) is 12.9. The van der Waals surface area contributed by atoms with Gasteiger partial charge in [-0.3, -0.25) is 9.59 Å². The van der Waals surface area contributed by atoms with E-state index in [0.29, 0.717) is 0 Å². The third-order valence-corrected chi connectivity index (χ3v) is 6.94. The summed E-state index contributed by atoms with van der Waals surface area (Å²) < 4.78 is 0. The molecule has 0 saturated heterocycles. The number of carboxylic acids is 1. The van der Waals surface area contributed by atoms with E-state index < -0.39 is 17.9 Å². The number of benzene rings is 2. The van der Waals surface area contributed by atoms with Crippen LogP contribution in [0.3, 0.4) is 0 Å². The van der Waals surface area contributed by atoms with Crippen LogP contribution in [0.1, 0.15) is 88.2 Å². The number of carbonyl (C=O) groups is 2. The molecule has 2 aromatic carbocycles. The molecular formula is C29H40N2O3. The van der Waals surface area contributed by atoms with E-state index in [0.717, 1.165) is 23.2 Å². The molecule has 0 heterocycles. The van der Waals surface area contributed by atoms with Crippen LogP contribution in [-0.4, -0.2) is 35.1 Å². The van der Waals surface area contributed by atoms with Gasteiger partial charge in [-0.1, -0.05) is 99.2 Å². The van der Waals surface area contributed by atoms with Gasteiger partial charge < -0.3 is 15.7 Å². The molecule has 4 rings (SSSR count). The number of carboxylic acid groups (broad SMARTS) is 1.